The Hall–Kier alpha value is -0.723. The van der Waals surface area contributed by atoms with E-state index >= 15 is 0 Å². The highest BCUT2D eigenvalue weighted by Crippen LogP contribution is 2.43. The number of cyclic esters (lactones) is 2. The molecule has 0 spiro atoms. The molecule has 0 aromatic heterocycles. The third kappa shape index (κ3) is 5.52. The first-order valence-corrected chi connectivity index (χ1v) is 8.74. The molecule has 21 heavy (non-hydrogen) atoms. The van der Waals surface area contributed by atoms with Crippen LogP contribution >= 0.6 is 0 Å². The molecule has 6 heteroatoms. The van der Waals surface area contributed by atoms with Crippen molar-refractivity contribution in [3.63, 3.8) is 0 Å². The van der Waals surface area contributed by atoms with E-state index in [1.165, 1.54) is 25.7 Å². The topological polar surface area (TPSA) is 61.8 Å². The van der Waals surface area contributed by atoms with E-state index in [0.29, 0.717) is 6.42 Å². The van der Waals surface area contributed by atoms with Gasteiger partial charge in [0.15, 0.2) is 0 Å². The molecule has 0 amide bonds. The molecular formula is C15H26O5Si. The summed E-state index contributed by atoms with van der Waals surface area (Å²) < 4.78 is 15.2. The quantitative estimate of drug-likeness (QED) is 0.193. The van der Waals surface area contributed by atoms with Gasteiger partial charge in [-0.3, -0.25) is 9.59 Å². The second-order valence-corrected chi connectivity index (χ2v) is 7.20. The van der Waals surface area contributed by atoms with E-state index in [1.54, 1.807) is 14.2 Å². The molecule has 2 radical (unpaired) electrons. The van der Waals surface area contributed by atoms with E-state index in [1.807, 2.05) is 0 Å². The molecule has 1 rings (SSSR count). The molecule has 5 nitrogen and oxygen atoms in total. The summed E-state index contributed by atoms with van der Waals surface area (Å²) in [7, 11) is 3.17. The van der Waals surface area contributed by atoms with Crippen LogP contribution in [0.4, 0.5) is 0 Å². The highest BCUT2D eigenvalue weighted by Gasteiger charge is 2.50. The Balaban J connectivity index is 2.53. The lowest BCUT2D eigenvalue weighted by Gasteiger charge is -2.26. The largest absolute Gasteiger partial charge is 0.393 e. The van der Waals surface area contributed by atoms with Crippen LogP contribution in [0.25, 0.3) is 0 Å². The number of esters is 2. The van der Waals surface area contributed by atoms with Crippen molar-refractivity contribution in [3.8, 4) is 0 Å². The van der Waals surface area contributed by atoms with Crippen LogP contribution in [-0.2, 0) is 23.8 Å². The van der Waals surface area contributed by atoms with Gasteiger partial charge in [0.25, 0.3) is 0 Å². The minimum Gasteiger partial charge on any atom is -0.393 e. The second kappa shape index (κ2) is 9.33. The molecular weight excluding hydrogens is 288 g/mol. The van der Waals surface area contributed by atoms with Gasteiger partial charge < -0.3 is 14.2 Å². The molecule has 1 fully saturated rings. The summed E-state index contributed by atoms with van der Waals surface area (Å²) >= 11 is 0. The van der Waals surface area contributed by atoms with E-state index in [9.17, 15) is 9.59 Å². The van der Waals surface area contributed by atoms with Crippen molar-refractivity contribution in [1.82, 2.24) is 0 Å². The number of unbranched alkanes of at least 4 members (excludes halogenated alkanes) is 5. The number of methoxy groups -OCH3 is 2. The van der Waals surface area contributed by atoms with Crippen molar-refractivity contribution >= 4 is 21.5 Å². The summed E-state index contributed by atoms with van der Waals surface area (Å²) in [5.41, 5.74) is 0. The van der Waals surface area contributed by atoms with Crippen LogP contribution < -0.4 is 0 Å². The number of ether oxygens (including phenoxy) is 3. The molecule has 1 atom stereocenters. The van der Waals surface area contributed by atoms with Gasteiger partial charge in [0, 0.05) is 14.2 Å². The minimum absolute atomic E-state index is 0.0860. The lowest BCUT2D eigenvalue weighted by Crippen LogP contribution is -2.36. The van der Waals surface area contributed by atoms with Crippen LogP contribution in [0, 0.1) is 0 Å². The average molecular weight is 314 g/mol. The molecule has 0 N–H and O–H groups in total. The van der Waals surface area contributed by atoms with Gasteiger partial charge in [-0.25, -0.2) is 0 Å². The van der Waals surface area contributed by atoms with Crippen molar-refractivity contribution < 1.29 is 23.8 Å². The molecule has 1 heterocycles. The molecule has 1 unspecified atom stereocenters. The maximum absolute atomic E-state index is 12.1. The molecule has 0 aromatic rings. The van der Waals surface area contributed by atoms with Gasteiger partial charge in [0.2, 0.25) is 0 Å². The zero-order chi connectivity index (χ0) is 15.7. The second-order valence-electron chi connectivity index (χ2n) is 5.49. The fraction of sp³-hybridized carbons (Fsp3) is 0.867. The molecule has 1 aliphatic heterocycles. The van der Waals surface area contributed by atoms with Gasteiger partial charge in [-0.15, -0.1) is 0 Å². The highest BCUT2D eigenvalue weighted by atomic mass is 28.2. The van der Waals surface area contributed by atoms with Gasteiger partial charge in [-0.05, 0) is 6.42 Å². The van der Waals surface area contributed by atoms with Gasteiger partial charge in [-0.2, -0.15) is 0 Å². The predicted molar refractivity (Wildman–Crippen MR) is 80.0 cm³/mol. The third-order valence-electron chi connectivity index (χ3n) is 3.82. The van der Waals surface area contributed by atoms with Crippen LogP contribution in [-0.4, -0.2) is 41.6 Å². The predicted octanol–water partition coefficient (Wildman–Crippen LogP) is 2.65. The van der Waals surface area contributed by atoms with Gasteiger partial charge in [-0.1, -0.05) is 45.4 Å². The standard InChI is InChI=1S/C15H26O5Si/c1-4-5-6-7-8-9-10-15(21-14(18-2)19-3)11-12(16)20-13(15)17/h14H,4-11H2,1-3H3. The zero-order valence-corrected chi connectivity index (χ0v) is 14.3. The van der Waals surface area contributed by atoms with E-state index in [2.05, 4.69) is 6.92 Å². The number of hydrogen-bond acceptors (Lipinski definition) is 5. The molecule has 0 bridgehead atoms. The van der Waals surface area contributed by atoms with Crippen molar-refractivity contribution in [2.75, 3.05) is 14.2 Å². The van der Waals surface area contributed by atoms with Gasteiger partial charge in [0.1, 0.15) is 15.4 Å². The summed E-state index contributed by atoms with van der Waals surface area (Å²) in [5.74, 6) is -1.29. The lowest BCUT2D eigenvalue weighted by molar-refractivity contribution is -0.153. The zero-order valence-electron chi connectivity index (χ0n) is 13.3. The molecule has 120 valence electrons. The minimum atomic E-state index is -0.738. The van der Waals surface area contributed by atoms with E-state index in [0.717, 1.165) is 12.8 Å². The first kappa shape index (κ1) is 18.3. The smallest absolute Gasteiger partial charge is 0.317 e. The average Bonchev–Trinajstić information content (AvgIpc) is 2.74. The Morgan fingerprint density at radius 2 is 1.76 bits per heavy atom. The van der Waals surface area contributed by atoms with E-state index in [4.69, 9.17) is 14.2 Å². The Morgan fingerprint density at radius 3 is 2.29 bits per heavy atom. The maximum atomic E-state index is 12.1. The molecule has 0 aliphatic carbocycles. The van der Waals surface area contributed by atoms with E-state index < -0.39 is 22.9 Å². The third-order valence-corrected chi connectivity index (χ3v) is 5.71. The van der Waals surface area contributed by atoms with Crippen molar-refractivity contribution in [1.29, 1.82) is 0 Å². The number of carbonyl (C=O) groups is 2. The Bertz CT molecular complexity index is 343. The van der Waals surface area contributed by atoms with Gasteiger partial charge in [0.05, 0.1) is 11.5 Å². The van der Waals surface area contributed by atoms with Crippen molar-refractivity contribution in [2.45, 2.75) is 69.2 Å². The van der Waals surface area contributed by atoms with Crippen LogP contribution in [0.5, 0.6) is 0 Å². The Labute approximate surface area is 129 Å². The molecule has 1 saturated heterocycles. The summed E-state index contributed by atoms with van der Waals surface area (Å²) in [6.45, 7) is 2.19. The number of carbonyl (C=O) groups excluding carboxylic acids is 2. The van der Waals surface area contributed by atoms with Crippen LogP contribution in [0.1, 0.15) is 58.3 Å². The number of hydrogen-bond donors (Lipinski definition) is 0. The fourth-order valence-corrected chi connectivity index (χ4v) is 4.00. The summed E-state index contributed by atoms with van der Waals surface area (Å²) in [4.78, 5) is 23.6. The molecule has 0 saturated carbocycles. The highest BCUT2D eigenvalue weighted by molar-refractivity contribution is 6.49. The molecule has 1 aliphatic rings. The normalized spacial score (nSPS) is 22.1. The fourth-order valence-electron chi connectivity index (χ4n) is 2.58. The lowest BCUT2D eigenvalue weighted by atomic mass is 9.97. The first-order chi connectivity index (χ1) is 10.1. The van der Waals surface area contributed by atoms with Crippen molar-refractivity contribution in [2.24, 2.45) is 0 Å². The summed E-state index contributed by atoms with van der Waals surface area (Å²) in [6, 6.07) is 0. The SMILES string of the molecule is CCCCCCCCC1([Si]C(OC)OC)CC(=O)OC1=O. The van der Waals surface area contributed by atoms with Crippen LogP contribution in [0.15, 0.2) is 0 Å². The summed E-state index contributed by atoms with van der Waals surface area (Å²) in [5, 5.41) is -0.738. The van der Waals surface area contributed by atoms with Crippen molar-refractivity contribution in [3.05, 3.63) is 0 Å². The first-order valence-electron chi connectivity index (χ1n) is 7.66. The van der Waals surface area contributed by atoms with Gasteiger partial charge >= 0.3 is 11.9 Å². The molecule has 0 aromatic carbocycles. The van der Waals surface area contributed by atoms with Crippen LogP contribution in [0.3, 0.4) is 0 Å². The maximum Gasteiger partial charge on any atom is 0.317 e. The van der Waals surface area contributed by atoms with Crippen LogP contribution in [0.2, 0.25) is 5.04 Å². The number of rotatable bonds is 11. The Kier molecular flexibility index (Phi) is 8.14. The summed E-state index contributed by atoms with van der Waals surface area (Å²) in [6.07, 6.45) is 7.71. The monoisotopic (exact) mass is 314 g/mol. The Morgan fingerprint density at radius 1 is 1.14 bits per heavy atom. The van der Waals surface area contributed by atoms with E-state index in [-0.39, 0.29) is 15.9 Å².